The number of hydrogen-bond donors (Lipinski definition) is 1. The number of fused-ring (bicyclic) bond motifs is 1. The van der Waals surface area contributed by atoms with E-state index in [1.807, 2.05) is 13.8 Å². The standard InChI is InChI=1S/C14H27NO4S/c1-11(2)19-10-12(16)9-15-7-8-20(17,18)14-6-4-3-5-13(14)15/h11-14,16H,3-10H2,1-2H3. The number of hydrogen-bond acceptors (Lipinski definition) is 5. The Morgan fingerprint density at radius 3 is 2.70 bits per heavy atom. The van der Waals surface area contributed by atoms with Crippen molar-refractivity contribution in [3.8, 4) is 0 Å². The summed E-state index contributed by atoms with van der Waals surface area (Å²) in [7, 11) is -2.93. The highest BCUT2D eigenvalue weighted by atomic mass is 32.2. The summed E-state index contributed by atoms with van der Waals surface area (Å²) in [5.74, 6) is 0.228. The molecule has 3 unspecified atom stereocenters. The second-order valence-corrected chi connectivity index (χ2v) is 8.63. The van der Waals surface area contributed by atoms with Crippen LogP contribution in [-0.4, -0.2) is 67.4 Å². The first kappa shape index (κ1) is 16.2. The van der Waals surface area contributed by atoms with Gasteiger partial charge in [0.2, 0.25) is 0 Å². The third-order valence-electron chi connectivity index (χ3n) is 4.33. The SMILES string of the molecule is CC(C)OCC(O)CN1CCS(=O)(=O)C2CCCCC21. The molecule has 1 saturated carbocycles. The van der Waals surface area contributed by atoms with Gasteiger partial charge in [0.25, 0.3) is 0 Å². The lowest BCUT2D eigenvalue weighted by Gasteiger charge is -2.44. The van der Waals surface area contributed by atoms with E-state index in [1.54, 1.807) is 0 Å². The van der Waals surface area contributed by atoms with Crippen LogP contribution in [0.3, 0.4) is 0 Å². The molecular formula is C14H27NO4S. The number of β-amino-alcohol motifs (C(OH)–C–C–N with tert-alkyl or cyclic N) is 1. The van der Waals surface area contributed by atoms with Crippen molar-refractivity contribution in [3.63, 3.8) is 0 Å². The summed E-state index contributed by atoms with van der Waals surface area (Å²) in [5.41, 5.74) is 0. The van der Waals surface area contributed by atoms with E-state index in [-0.39, 0.29) is 23.1 Å². The molecular weight excluding hydrogens is 278 g/mol. The van der Waals surface area contributed by atoms with Crippen LogP contribution in [0.1, 0.15) is 39.5 Å². The maximum Gasteiger partial charge on any atom is 0.155 e. The first-order valence-corrected chi connectivity index (χ1v) is 9.37. The van der Waals surface area contributed by atoms with Gasteiger partial charge < -0.3 is 9.84 Å². The minimum Gasteiger partial charge on any atom is -0.389 e. The number of sulfone groups is 1. The van der Waals surface area contributed by atoms with E-state index < -0.39 is 15.9 Å². The number of rotatable bonds is 5. The zero-order valence-electron chi connectivity index (χ0n) is 12.5. The largest absolute Gasteiger partial charge is 0.389 e. The number of aliphatic hydroxyl groups is 1. The van der Waals surface area contributed by atoms with Crippen LogP contribution in [0, 0.1) is 0 Å². The molecule has 0 amide bonds. The fraction of sp³-hybridized carbons (Fsp3) is 1.00. The van der Waals surface area contributed by atoms with Crippen LogP contribution >= 0.6 is 0 Å². The lowest BCUT2D eigenvalue weighted by molar-refractivity contribution is -0.0164. The molecule has 6 heteroatoms. The molecule has 5 nitrogen and oxygen atoms in total. The summed E-state index contributed by atoms with van der Waals surface area (Å²) >= 11 is 0. The number of aliphatic hydroxyl groups excluding tert-OH is 1. The molecule has 1 saturated heterocycles. The van der Waals surface area contributed by atoms with Gasteiger partial charge in [0.1, 0.15) is 0 Å². The van der Waals surface area contributed by atoms with Gasteiger partial charge in [-0.3, -0.25) is 4.90 Å². The van der Waals surface area contributed by atoms with Crippen LogP contribution in [0.25, 0.3) is 0 Å². The van der Waals surface area contributed by atoms with Crippen LogP contribution < -0.4 is 0 Å². The lowest BCUT2D eigenvalue weighted by atomic mass is 9.93. The molecule has 118 valence electrons. The Hall–Kier alpha value is -0.170. The van der Waals surface area contributed by atoms with Gasteiger partial charge in [-0.05, 0) is 26.7 Å². The molecule has 0 bridgehead atoms. The van der Waals surface area contributed by atoms with Gasteiger partial charge in [0.15, 0.2) is 9.84 Å². The molecule has 1 aliphatic carbocycles. The Labute approximate surface area is 122 Å². The highest BCUT2D eigenvalue weighted by Crippen LogP contribution is 2.32. The van der Waals surface area contributed by atoms with E-state index in [0.29, 0.717) is 19.7 Å². The van der Waals surface area contributed by atoms with Crippen LogP contribution in [0.2, 0.25) is 0 Å². The molecule has 20 heavy (non-hydrogen) atoms. The Bertz CT molecular complexity index is 409. The molecule has 0 spiro atoms. The predicted molar refractivity (Wildman–Crippen MR) is 78.5 cm³/mol. The molecule has 2 rings (SSSR count). The topological polar surface area (TPSA) is 66.8 Å². The minimum atomic E-state index is -2.93. The van der Waals surface area contributed by atoms with Gasteiger partial charge in [-0.2, -0.15) is 0 Å². The minimum absolute atomic E-state index is 0.0937. The molecule has 2 aliphatic rings. The van der Waals surface area contributed by atoms with Gasteiger partial charge in [-0.25, -0.2) is 8.42 Å². The van der Waals surface area contributed by atoms with Crippen LogP contribution in [0.15, 0.2) is 0 Å². The van der Waals surface area contributed by atoms with Crippen molar-refractivity contribution in [2.75, 3.05) is 25.4 Å². The fourth-order valence-electron chi connectivity index (χ4n) is 3.33. The van der Waals surface area contributed by atoms with Crippen molar-refractivity contribution in [3.05, 3.63) is 0 Å². The highest BCUT2D eigenvalue weighted by Gasteiger charge is 2.42. The van der Waals surface area contributed by atoms with E-state index in [2.05, 4.69) is 4.90 Å². The van der Waals surface area contributed by atoms with Gasteiger partial charge >= 0.3 is 0 Å². The molecule has 0 aromatic rings. The summed E-state index contributed by atoms with van der Waals surface area (Å²) in [6.07, 6.45) is 3.37. The molecule has 0 aromatic carbocycles. The van der Waals surface area contributed by atoms with Gasteiger partial charge in [0.05, 0.1) is 29.8 Å². The monoisotopic (exact) mass is 305 g/mol. The Kier molecular flexibility index (Phi) is 5.45. The second-order valence-electron chi connectivity index (χ2n) is 6.29. The number of ether oxygens (including phenoxy) is 1. The maximum absolute atomic E-state index is 12.1. The van der Waals surface area contributed by atoms with Crippen LogP contribution in [0.5, 0.6) is 0 Å². The third-order valence-corrected chi connectivity index (χ3v) is 6.55. The van der Waals surface area contributed by atoms with Crippen molar-refractivity contribution >= 4 is 9.84 Å². The smallest absolute Gasteiger partial charge is 0.155 e. The first-order valence-electron chi connectivity index (χ1n) is 7.65. The summed E-state index contributed by atoms with van der Waals surface area (Å²) in [6, 6.07) is 0.0937. The van der Waals surface area contributed by atoms with Crippen LogP contribution in [0.4, 0.5) is 0 Å². The normalized spacial score (nSPS) is 32.0. The van der Waals surface area contributed by atoms with E-state index in [9.17, 15) is 13.5 Å². The van der Waals surface area contributed by atoms with Crippen LogP contribution in [-0.2, 0) is 14.6 Å². The van der Waals surface area contributed by atoms with Crippen molar-refractivity contribution in [1.82, 2.24) is 4.90 Å². The third kappa shape index (κ3) is 3.93. The average Bonchev–Trinajstić information content (AvgIpc) is 2.40. The lowest BCUT2D eigenvalue weighted by Crippen LogP contribution is -2.57. The Balaban J connectivity index is 1.94. The van der Waals surface area contributed by atoms with E-state index in [1.165, 1.54) is 0 Å². The molecule has 1 aliphatic heterocycles. The fourth-order valence-corrected chi connectivity index (χ4v) is 5.43. The van der Waals surface area contributed by atoms with E-state index in [4.69, 9.17) is 4.74 Å². The van der Waals surface area contributed by atoms with Gasteiger partial charge in [-0.15, -0.1) is 0 Å². The molecule has 3 atom stereocenters. The quantitative estimate of drug-likeness (QED) is 0.814. The number of nitrogens with zero attached hydrogens (tertiary/aromatic N) is 1. The zero-order chi connectivity index (χ0) is 14.8. The molecule has 0 aromatic heterocycles. The predicted octanol–water partition coefficient (Wildman–Crippen LogP) is 0.814. The van der Waals surface area contributed by atoms with Crippen molar-refractivity contribution in [2.24, 2.45) is 0 Å². The van der Waals surface area contributed by atoms with Crippen molar-refractivity contribution in [2.45, 2.75) is 63.0 Å². The maximum atomic E-state index is 12.1. The van der Waals surface area contributed by atoms with E-state index >= 15 is 0 Å². The average molecular weight is 305 g/mol. The first-order chi connectivity index (χ1) is 9.40. The van der Waals surface area contributed by atoms with E-state index in [0.717, 1.165) is 25.7 Å². The van der Waals surface area contributed by atoms with Gasteiger partial charge in [0, 0.05) is 19.1 Å². The summed E-state index contributed by atoms with van der Waals surface area (Å²) < 4.78 is 29.7. The zero-order valence-corrected chi connectivity index (χ0v) is 13.3. The summed E-state index contributed by atoms with van der Waals surface area (Å²) in [6.45, 7) is 5.26. The Morgan fingerprint density at radius 2 is 2.00 bits per heavy atom. The molecule has 1 N–H and O–H groups in total. The van der Waals surface area contributed by atoms with Gasteiger partial charge in [-0.1, -0.05) is 12.8 Å². The Morgan fingerprint density at radius 1 is 1.30 bits per heavy atom. The molecule has 2 fully saturated rings. The molecule has 1 heterocycles. The summed E-state index contributed by atoms with van der Waals surface area (Å²) in [5, 5.41) is 9.84. The molecule has 0 radical (unpaired) electrons. The van der Waals surface area contributed by atoms with Crippen molar-refractivity contribution < 1.29 is 18.3 Å². The van der Waals surface area contributed by atoms with Crippen molar-refractivity contribution in [1.29, 1.82) is 0 Å². The highest BCUT2D eigenvalue weighted by molar-refractivity contribution is 7.92. The summed E-state index contributed by atoms with van der Waals surface area (Å²) in [4.78, 5) is 2.17. The second kappa shape index (κ2) is 6.73.